The van der Waals surface area contributed by atoms with Crippen LogP contribution in [0.5, 0.6) is 5.75 Å². The summed E-state index contributed by atoms with van der Waals surface area (Å²) in [6, 6.07) is 8.28. The number of hydrogen-bond acceptors (Lipinski definition) is 3. The van der Waals surface area contributed by atoms with Crippen LogP contribution in [-0.4, -0.2) is 15.5 Å². The highest BCUT2D eigenvalue weighted by molar-refractivity contribution is 7.92. The third-order valence-corrected chi connectivity index (χ3v) is 4.65. The molecule has 21 heavy (non-hydrogen) atoms. The zero-order valence-corrected chi connectivity index (χ0v) is 12.9. The predicted octanol–water partition coefficient (Wildman–Crippen LogP) is 3.60. The predicted molar refractivity (Wildman–Crippen MR) is 79.9 cm³/mol. The van der Waals surface area contributed by atoms with Crippen LogP contribution in [0.2, 0.25) is 5.02 Å². The minimum absolute atomic E-state index is 0.140. The molecule has 2 aromatic rings. The molecule has 0 aliphatic rings. The van der Waals surface area contributed by atoms with Gasteiger partial charge in [-0.3, -0.25) is 4.72 Å². The van der Waals surface area contributed by atoms with Crippen LogP contribution in [0.1, 0.15) is 5.56 Å². The molecule has 0 amide bonds. The molecule has 112 valence electrons. The minimum Gasteiger partial charge on any atom is -0.495 e. The van der Waals surface area contributed by atoms with Gasteiger partial charge in [0.15, 0.2) is 0 Å². The fraction of sp³-hybridized carbons (Fsp3) is 0.143. The van der Waals surface area contributed by atoms with Gasteiger partial charge < -0.3 is 4.74 Å². The van der Waals surface area contributed by atoms with E-state index in [2.05, 4.69) is 4.72 Å². The molecule has 1 N–H and O–H groups in total. The molecule has 2 rings (SSSR count). The number of sulfonamides is 1. The average molecular weight is 330 g/mol. The van der Waals surface area contributed by atoms with E-state index in [0.717, 1.165) is 6.07 Å². The van der Waals surface area contributed by atoms with Crippen LogP contribution < -0.4 is 9.46 Å². The van der Waals surface area contributed by atoms with E-state index >= 15 is 0 Å². The van der Waals surface area contributed by atoms with E-state index in [1.54, 1.807) is 6.92 Å². The summed E-state index contributed by atoms with van der Waals surface area (Å²) in [6.07, 6.45) is 0. The highest BCUT2D eigenvalue weighted by atomic mass is 35.5. The number of hydrogen-bond donors (Lipinski definition) is 1. The first-order valence-corrected chi connectivity index (χ1v) is 7.83. The van der Waals surface area contributed by atoms with Crippen LogP contribution >= 0.6 is 11.6 Å². The van der Waals surface area contributed by atoms with Gasteiger partial charge >= 0.3 is 0 Å². The van der Waals surface area contributed by atoms with Crippen molar-refractivity contribution in [1.29, 1.82) is 0 Å². The third-order valence-electron chi connectivity index (χ3n) is 2.85. The number of ether oxygens (including phenoxy) is 1. The monoisotopic (exact) mass is 329 g/mol. The van der Waals surface area contributed by atoms with Gasteiger partial charge in [0.25, 0.3) is 10.0 Å². The van der Waals surface area contributed by atoms with Crippen LogP contribution in [0.4, 0.5) is 10.1 Å². The molecular formula is C14H13ClFNO3S. The Hall–Kier alpha value is -1.79. The van der Waals surface area contributed by atoms with Crippen molar-refractivity contribution >= 4 is 27.3 Å². The van der Waals surface area contributed by atoms with Gasteiger partial charge in [-0.1, -0.05) is 23.7 Å². The van der Waals surface area contributed by atoms with E-state index in [1.807, 2.05) is 0 Å². The Kier molecular flexibility index (Phi) is 4.39. The van der Waals surface area contributed by atoms with E-state index in [1.165, 1.54) is 37.4 Å². The van der Waals surface area contributed by atoms with Crippen LogP contribution in [0.3, 0.4) is 0 Å². The van der Waals surface area contributed by atoms with E-state index in [9.17, 15) is 12.8 Å². The van der Waals surface area contributed by atoms with E-state index < -0.39 is 15.8 Å². The number of aryl methyl sites for hydroxylation is 1. The zero-order valence-electron chi connectivity index (χ0n) is 11.4. The van der Waals surface area contributed by atoms with Crippen LogP contribution in [0.15, 0.2) is 41.3 Å². The molecule has 0 bridgehead atoms. The summed E-state index contributed by atoms with van der Waals surface area (Å²) in [7, 11) is -2.67. The molecule has 4 nitrogen and oxygen atoms in total. The Balaban J connectivity index is 2.50. The largest absolute Gasteiger partial charge is 0.495 e. The van der Waals surface area contributed by atoms with Crippen LogP contribution in [0.25, 0.3) is 0 Å². The molecule has 0 aromatic heterocycles. The lowest BCUT2D eigenvalue weighted by molar-refractivity contribution is 0.402. The first kappa shape index (κ1) is 15.6. The molecule has 0 saturated carbocycles. The molecule has 0 saturated heterocycles. The number of nitrogens with one attached hydrogen (secondary N) is 1. The number of halogens is 2. The normalized spacial score (nSPS) is 11.2. The molecule has 0 radical (unpaired) electrons. The van der Waals surface area contributed by atoms with Crippen molar-refractivity contribution in [3.8, 4) is 5.75 Å². The zero-order chi connectivity index (χ0) is 15.6. The topological polar surface area (TPSA) is 55.4 Å². The summed E-state index contributed by atoms with van der Waals surface area (Å²) in [4.78, 5) is -0.149. The molecule has 0 heterocycles. The van der Waals surface area contributed by atoms with Gasteiger partial charge in [0.2, 0.25) is 0 Å². The van der Waals surface area contributed by atoms with Gasteiger partial charge in [-0.05, 0) is 36.8 Å². The molecule has 0 aliphatic carbocycles. The standard InChI is InChI=1S/C14H13ClFNO3S/c1-9-7-13(20-2)14(8-10(9)15)21(18,19)17-12-6-4-3-5-11(12)16/h3-8,17H,1-2H3. The fourth-order valence-electron chi connectivity index (χ4n) is 1.75. The fourth-order valence-corrected chi connectivity index (χ4v) is 3.22. The lowest BCUT2D eigenvalue weighted by atomic mass is 10.2. The van der Waals surface area contributed by atoms with Gasteiger partial charge in [-0.15, -0.1) is 0 Å². The van der Waals surface area contributed by atoms with Crippen molar-refractivity contribution in [2.24, 2.45) is 0 Å². The second-order valence-electron chi connectivity index (χ2n) is 4.34. The summed E-state index contributed by atoms with van der Waals surface area (Å²) >= 11 is 5.96. The summed E-state index contributed by atoms with van der Waals surface area (Å²) in [6.45, 7) is 1.73. The molecule has 0 atom stereocenters. The maximum absolute atomic E-state index is 13.6. The Morgan fingerprint density at radius 2 is 1.90 bits per heavy atom. The maximum Gasteiger partial charge on any atom is 0.265 e. The van der Waals surface area contributed by atoms with Gasteiger partial charge in [-0.2, -0.15) is 0 Å². The summed E-state index contributed by atoms with van der Waals surface area (Å²) in [5.74, 6) is -0.529. The summed E-state index contributed by atoms with van der Waals surface area (Å²) in [5.41, 5.74) is 0.537. The first-order chi connectivity index (χ1) is 9.85. The molecule has 2 aromatic carbocycles. The van der Waals surface area contributed by atoms with Crippen molar-refractivity contribution in [3.63, 3.8) is 0 Å². The lowest BCUT2D eigenvalue weighted by Gasteiger charge is -2.13. The smallest absolute Gasteiger partial charge is 0.265 e. The van der Waals surface area contributed by atoms with E-state index in [0.29, 0.717) is 5.56 Å². The minimum atomic E-state index is -4.02. The second kappa shape index (κ2) is 5.91. The number of methoxy groups -OCH3 is 1. The Morgan fingerprint density at radius 3 is 2.52 bits per heavy atom. The van der Waals surface area contributed by atoms with Gasteiger partial charge in [0.05, 0.1) is 12.8 Å². The number of rotatable bonds is 4. The third kappa shape index (κ3) is 3.28. The molecule has 0 spiro atoms. The number of para-hydroxylation sites is 1. The van der Waals surface area contributed by atoms with E-state index in [4.69, 9.17) is 16.3 Å². The van der Waals surface area contributed by atoms with Crippen molar-refractivity contribution < 1.29 is 17.5 Å². The summed E-state index contributed by atoms with van der Waals surface area (Å²) in [5, 5.41) is 0.282. The Labute approximate surface area is 127 Å². The van der Waals surface area contributed by atoms with Gasteiger partial charge in [-0.25, -0.2) is 12.8 Å². The highest BCUT2D eigenvalue weighted by Gasteiger charge is 2.22. The van der Waals surface area contributed by atoms with Crippen LogP contribution in [0, 0.1) is 12.7 Å². The second-order valence-corrected chi connectivity index (χ2v) is 6.40. The molecule has 0 unspecified atom stereocenters. The van der Waals surface area contributed by atoms with Crippen molar-refractivity contribution in [2.45, 2.75) is 11.8 Å². The van der Waals surface area contributed by atoms with Gasteiger partial charge in [0, 0.05) is 5.02 Å². The van der Waals surface area contributed by atoms with Crippen molar-refractivity contribution in [3.05, 3.63) is 52.8 Å². The number of benzene rings is 2. The van der Waals surface area contributed by atoms with Crippen molar-refractivity contribution in [1.82, 2.24) is 0 Å². The lowest BCUT2D eigenvalue weighted by Crippen LogP contribution is -2.15. The SMILES string of the molecule is COc1cc(C)c(Cl)cc1S(=O)(=O)Nc1ccccc1F. The first-order valence-electron chi connectivity index (χ1n) is 5.96. The maximum atomic E-state index is 13.6. The average Bonchev–Trinajstić information content (AvgIpc) is 2.43. The van der Waals surface area contributed by atoms with E-state index in [-0.39, 0.29) is 21.4 Å². The van der Waals surface area contributed by atoms with Crippen molar-refractivity contribution in [2.75, 3.05) is 11.8 Å². The highest BCUT2D eigenvalue weighted by Crippen LogP contribution is 2.31. The van der Waals surface area contributed by atoms with Crippen LogP contribution in [-0.2, 0) is 10.0 Å². The van der Waals surface area contributed by atoms with Gasteiger partial charge in [0.1, 0.15) is 16.5 Å². The number of anilines is 1. The molecular weight excluding hydrogens is 317 g/mol. The Morgan fingerprint density at radius 1 is 1.24 bits per heavy atom. The Bertz CT molecular complexity index is 778. The molecule has 0 aliphatic heterocycles. The molecule has 0 fully saturated rings. The summed E-state index contributed by atoms with van der Waals surface area (Å²) < 4.78 is 45.6. The molecule has 7 heteroatoms. The quantitative estimate of drug-likeness (QED) is 0.932.